The first-order chi connectivity index (χ1) is 16.2. The van der Waals surface area contributed by atoms with E-state index in [0.29, 0.717) is 16.1 Å². The number of aliphatic hydroxyl groups is 4. The molecule has 2 saturated heterocycles. The molecule has 192 valence electrons. The number of hydrogen-bond donors (Lipinski definition) is 4. The van der Waals surface area contributed by atoms with E-state index in [-0.39, 0.29) is 18.8 Å². The highest BCUT2D eigenvalue weighted by atomic mass is 35.5. The van der Waals surface area contributed by atoms with Crippen LogP contribution in [-0.4, -0.2) is 69.3 Å². The number of rotatable bonds is 6. The minimum absolute atomic E-state index is 0.0680. The lowest BCUT2D eigenvalue weighted by molar-refractivity contribution is -0.348. The molecule has 2 heterocycles. The average molecular weight is 519 g/mol. The van der Waals surface area contributed by atoms with Crippen molar-refractivity contribution in [2.75, 3.05) is 13.2 Å². The SMILES string of the molecule is CC(C)(O)[C@@]12CO[C@@](c3ccc(Cl)c(Cc4ccc(OCC(F)(F)F)cc4)c3)(O1)[C@H](O)[C@@H](O)[C@@H]2O. The van der Waals surface area contributed by atoms with Crippen molar-refractivity contribution in [1.82, 2.24) is 0 Å². The molecule has 2 aliphatic heterocycles. The average Bonchev–Trinajstić information content (AvgIpc) is 3.18. The van der Waals surface area contributed by atoms with Gasteiger partial charge in [-0.25, -0.2) is 0 Å². The molecule has 0 aliphatic carbocycles. The third-order valence-corrected chi connectivity index (χ3v) is 6.92. The lowest BCUT2D eigenvalue weighted by Crippen LogP contribution is -2.70. The van der Waals surface area contributed by atoms with Gasteiger partial charge in [0.05, 0.1) is 12.2 Å². The highest BCUT2D eigenvalue weighted by Gasteiger charge is 2.71. The molecule has 2 aromatic rings. The summed E-state index contributed by atoms with van der Waals surface area (Å²) in [6.45, 7) is 1.14. The first kappa shape index (κ1) is 26.2. The minimum atomic E-state index is -4.44. The molecule has 2 aliphatic rings. The second-order valence-corrected chi connectivity index (χ2v) is 9.82. The maximum atomic E-state index is 12.3. The van der Waals surface area contributed by atoms with Crippen molar-refractivity contribution in [2.24, 2.45) is 0 Å². The van der Waals surface area contributed by atoms with Crippen molar-refractivity contribution in [1.29, 1.82) is 0 Å². The van der Waals surface area contributed by atoms with Crippen LogP contribution in [0.15, 0.2) is 42.5 Å². The molecular formula is C24H26ClF3O7. The Kier molecular flexibility index (Phi) is 6.63. The molecule has 0 amide bonds. The molecule has 4 N–H and O–H groups in total. The summed E-state index contributed by atoms with van der Waals surface area (Å²) in [5.41, 5.74) is -1.70. The van der Waals surface area contributed by atoms with Crippen molar-refractivity contribution >= 4 is 11.6 Å². The molecule has 0 aromatic heterocycles. The predicted octanol–water partition coefficient (Wildman–Crippen LogP) is 2.68. The largest absolute Gasteiger partial charge is 0.484 e. The summed E-state index contributed by atoms with van der Waals surface area (Å²) in [6.07, 6.45) is -9.11. The first-order valence-corrected chi connectivity index (χ1v) is 11.2. The van der Waals surface area contributed by atoms with E-state index < -0.39 is 48.1 Å². The van der Waals surface area contributed by atoms with Gasteiger partial charge in [0.2, 0.25) is 5.79 Å². The van der Waals surface area contributed by atoms with Crippen LogP contribution >= 0.6 is 11.6 Å². The Morgan fingerprint density at radius 3 is 2.31 bits per heavy atom. The van der Waals surface area contributed by atoms with Gasteiger partial charge in [-0.3, -0.25) is 0 Å². The second-order valence-electron chi connectivity index (χ2n) is 9.42. The van der Waals surface area contributed by atoms with Gasteiger partial charge in [-0.15, -0.1) is 0 Å². The number of ether oxygens (including phenoxy) is 3. The van der Waals surface area contributed by atoms with Crippen LogP contribution in [0, 0.1) is 0 Å². The predicted molar refractivity (Wildman–Crippen MR) is 118 cm³/mol. The van der Waals surface area contributed by atoms with Gasteiger partial charge in [-0.05, 0) is 55.7 Å². The number of aliphatic hydroxyl groups excluding tert-OH is 3. The van der Waals surface area contributed by atoms with Gasteiger partial charge in [-0.2, -0.15) is 13.2 Å². The molecule has 5 atom stereocenters. The minimum Gasteiger partial charge on any atom is -0.484 e. The van der Waals surface area contributed by atoms with E-state index in [2.05, 4.69) is 0 Å². The van der Waals surface area contributed by atoms with Crippen LogP contribution in [-0.2, 0) is 21.7 Å². The Bertz CT molecular complexity index is 1070. The molecule has 35 heavy (non-hydrogen) atoms. The van der Waals surface area contributed by atoms with E-state index in [1.807, 2.05) is 0 Å². The lowest BCUT2D eigenvalue weighted by atomic mass is 9.75. The smallest absolute Gasteiger partial charge is 0.422 e. The first-order valence-electron chi connectivity index (χ1n) is 10.9. The van der Waals surface area contributed by atoms with E-state index >= 15 is 0 Å². The summed E-state index contributed by atoms with van der Waals surface area (Å²) in [5.74, 6) is -1.80. The van der Waals surface area contributed by atoms with E-state index in [4.69, 9.17) is 25.8 Å². The summed E-state index contributed by atoms with van der Waals surface area (Å²) >= 11 is 6.38. The monoisotopic (exact) mass is 518 g/mol. The van der Waals surface area contributed by atoms with Crippen LogP contribution in [0.2, 0.25) is 5.02 Å². The Hall–Kier alpha value is -1.92. The van der Waals surface area contributed by atoms with Crippen LogP contribution < -0.4 is 4.74 Å². The molecule has 2 aromatic carbocycles. The Balaban J connectivity index is 1.61. The molecule has 4 rings (SSSR count). The fraction of sp³-hybridized carbons (Fsp3) is 0.500. The number of benzene rings is 2. The van der Waals surface area contributed by atoms with Crippen molar-refractivity contribution in [3.05, 3.63) is 64.2 Å². The van der Waals surface area contributed by atoms with Crippen molar-refractivity contribution in [3.63, 3.8) is 0 Å². The molecular weight excluding hydrogens is 493 g/mol. The van der Waals surface area contributed by atoms with Gasteiger partial charge >= 0.3 is 6.18 Å². The highest BCUT2D eigenvalue weighted by Crippen LogP contribution is 2.53. The van der Waals surface area contributed by atoms with Crippen LogP contribution in [0.4, 0.5) is 13.2 Å². The van der Waals surface area contributed by atoms with E-state index in [1.54, 1.807) is 30.3 Å². The number of hydrogen-bond acceptors (Lipinski definition) is 7. The summed E-state index contributed by atoms with van der Waals surface area (Å²) < 4.78 is 53.7. The summed E-state index contributed by atoms with van der Waals surface area (Å²) in [4.78, 5) is 0. The number of halogens is 4. The van der Waals surface area contributed by atoms with Crippen LogP contribution in [0.5, 0.6) is 5.75 Å². The molecule has 0 saturated carbocycles. The summed E-state index contributed by atoms with van der Waals surface area (Å²) in [6, 6.07) is 10.8. The Morgan fingerprint density at radius 2 is 1.71 bits per heavy atom. The maximum Gasteiger partial charge on any atom is 0.422 e. The van der Waals surface area contributed by atoms with Gasteiger partial charge in [0.25, 0.3) is 0 Å². The van der Waals surface area contributed by atoms with E-state index in [1.165, 1.54) is 26.0 Å². The molecule has 2 fully saturated rings. The molecule has 0 unspecified atom stereocenters. The van der Waals surface area contributed by atoms with Gasteiger partial charge in [0.1, 0.15) is 24.1 Å². The zero-order chi connectivity index (χ0) is 25.8. The molecule has 0 radical (unpaired) electrons. The van der Waals surface area contributed by atoms with Crippen LogP contribution in [0.25, 0.3) is 0 Å². The molecule has 11 heteroatoms. The van der Waals surface area contributed by atoms with Gasteiger partial charge in [0, 0.05) is 10.6 Å². The zero-order valence-corrected chi connectivity index (χ0v) is 19.7. The molecule has 7 nitrogen and oxygen atoms in total. The third kappa shape index (κ3) is 4.64. The summed E-state index contributed by atoms with van der Waals surface area (Å²) in [7, 11) is 0. The van der Waals surface area contributed by atoms with Crippen molar-refractivity contribution in [3.8, 4) is 5.75 Å². The zero-order valence-electron chi connectivity index (χ0n) is 18.9. The van der Waals surface area contributed by atoms with Crippen LogP contribution in [0.3, 0.4) is 0 Å². The quantitative estimate of drug-likeness (QED) is 0.465. The molecule has 2 bridgehead atoms. The third-order valence-electron chi connectivity index (χ3n) is 6.55. The van der Waals surface area contributed by atoms with E-state index in [0.717, 1.165) is 5.56 Å². The summed E-state index contributed by atoms with van der Waals surface area (Å²) in [5, 5.41) is 43.1. The normalized spacial score (nSPS) is 31.0. The second kappa shape index (κ2) is 8.88. The highest BCUT2D eigenvalue weighted by molar-refractivity contribution is 6.31. The Morgan fingerprint density at radius 1 is 1.06 bits per heavy atom. The van der Waals surface area contributed by atoms with Gasteiger partial charge in [0.15, 0.2) is 12.2 Å². The Labute approximate surface area is 204 Å². The fourth-order valence-electron chi connectivity index (χ4n) is 4.50. The van der Waals surface area contributed by atoms with Crippen molar-refractivity contribution in [2.45, 2.75) is 61.7 Å². The number of alkyl halides is 3. The van der Waals surface area contributed by atoms with Crippen molar-refractivity contribution < 1.29 is 47.8 Å². The maximum absolute atomic E-state index is 12.3. The standard InChI is InChI=1S/C24H26ClF3O7/c1-21(2,32)22-11-34-24(35-22,20(31)18(29)19(22)30)15-5-8-17(25)14(10-15)9-13-3-6-16(7-4-13)33-12-23(26,27)28/h3-8,10,18-20,29-32H,9,11-12H2,1-2H3/t18-,19-,20+,22-,24-/m0/s1. The topological polar surface area (TPSA) is 109 Å². The van der Waals surface area contributed by atoms with Crippen LogP contribution in [0.1, 0.15) is 30.5 Å². The van der Waals surface area contributed by atoms with Gasteiger partial charge < -0.3 is 34.6 Å². The molecule has 0 spiro atoms. The lowest BCUT2D eigenvalue weighted by Gasteiger charge is -2.50. The fourth-order valence-corrected chi connectivity index (χ4v) is 4.69. The number of fused-ring (bicyclic) bond motifs is 2. The van der Waals surface area contributed by atoms with E-state index in [9.17, 15) is 33.6 Å². The van der Waals surface area contributed by atoms with Gasteiger partial charge in [-0.1, -0.05) is 29.8 Å².